The lowest BCUT2D eigenvalue weighted by atomic mass is 10.2. The minimum absolute atomic E-state index is 0.0991. The van der Waals surface area contributed by atoms with E-state index in [1.807, 2.05) is 6.07 Å². The van der Waals surface area contributed by atoms with E-state index in [0.29, 0.717) is 24.3 Å². The van der Waals surface area contributed by atoms with Crippen LogP contribution in [0.4, 0.5) is 5.69 Å². The number of anilines is 1. The number of ether oxygens (including phenoxy) is 1. The molecule has 0 radical (unpaired) electrons. The Morgan fingerprint density at radius 2 is 1.64 bits per heavy atom. The van der Waals surface area contributed by atoms with Gasteiger partial charge in [0.05, 0.1) is 4.90 Å². The van der Waals surface area contributed by atoms with Crippen molar-refractivity contribution in [3.63, 3.8) is 0 Å². The Hall–Kier alpha value is -3.50. The molecule has 174 valence electrons. The molecule has 0 aliphatic carbocycles. The topological polar surface area (TPSA) is 122 Å². The van der Waals surface area contributed by atoms with Gasteiger partial charge in [-0.05, 0) is 48.7 Å². The smallest absolute Gasteiger partial charge is 0.355 e. The Morgan fingerprint density at radius 1 is 1.00 bits per heavy atom. The number of nitrogens with zero attached hydrogens (tertiary/aromatic N) is 1. The van der Waals surface area contributed by atoms with Crippen molar-refractivity contribution in [3.8, 4) is 0 Å². The second kappa shape index (κ2) is 10.9. The molecule has 1 saturated heterocycles. The number of nitrogens with one attached hydrogen (secondary N) is 2. The summed E-state index contributed by atoms with van der Waals surface area (Å²) in [5.74, 6) is -1.93. The van der Waals surface area contributed by atoms with E-state index in [0.717, 1.165) is 12.8 Å². The van der Waals surface area contributed by atoms with Gasteiger partial charge in [-0.25, -0.2) is 13.2 Å². The molecule has 0 aromatic heterocycles. The maximum Gasteiger partial charge on any atom is 0.355 e. The number of amides is 2. The molecule has 0 bridgehead atoms. The van der Waals surface area contributed by atoms with Crippen LogP contribution in [0.5, 0.6) is 0 Å². The maximum atomic E-state index is 12.6. The van der Waals surface area contributed by atoms with Crippen molar-refractivity contribution in [2.24, 2.45) is 0 Å². The number of carbonyl (C=O) groups is 3. The molecule has 2 N–H and O–H groups in total. The Morgan fingerprint density at radius 3 is 2.24 bits per heavy atom. The van der Waals surface area contributed by atoms with Crippen molar-refractivity contribution in [1.29, 1.82) is 0 Å². The summed E-state index contributed by atoms with van der Waals surface area (Å²) in [5.41, 5.74) is 0.933. The average Bonchev–Trinajstić information content (AvgIpc) is 3.34. The molecule has 1 heterocycles. The Balaban J connectivity index is 1.58. The van der Waals surface area contributed by atoms with E-state index in [1.54, 1.807) is 24.3 Å². The van der Waals surface area contributed by atoms with Crippen molar-refractivity contribution < 1.29 is 27.5 Å². The monoisotopic (exact) mass is 471 g/mol. The normalized spacial score (nSPS) is 14.5. The molecule has 1 aliphatic heterocycles. The van der Waals surface area contributed by atoms with Gasteiger partial charge in [0, 0.05) is 25.7 Å². The molecule has 2 aromatic rings. The summed E-state index contributed by atoms with van der Waals surface area (Å²) in [7, 11) is -3.54. The second-order valence-electron chi connectivity index (χ2n) is 7.41. The Labute approximate surface area is 192 Å². The van der Waals surface area contributed by atoms with Crippen LogP contribution in [0.1, 0.15) is 25.3 Å². The van der Waals surface area contributed by atoms with Gasteiger partial charge in [-0.3, -0.25) is 9.59 Å². The van der Waals surface area contributed by atoms with Crippen LogP contribution in [0, 0.1) is 0 Å². The highest BCUT2D eigenvalue weighted by Gasteiger charge is 2.27. The van der Waals surface area contributed by atoms with E-state index in [4.69, 9.17) is 4.74 Å². The number of sulfonamides is 1. The quantitative estimate of drug-likeness (QED) is 0.449. The first kappa shape index (κ1) is 24.1. The lowest BCUT2D eigenvalue weighted by molar-refractivity contribution is -0.144. The summed E-state index contributed by atoms with van der Waals surface area (Å²) in [6.07, 6.45) is 3.13. The third-order valence-electron chi connectivity index (χ3n) is 4.82. The third-order valence-corrected chi connectivity index (χ3v) is 6.73. The Kier molecular flexibility index (Phi) is 7.96. The summed E-state index contributed by atoms with van der Waals surface area (Å²) >= 11 is 0. The highest BCUT2D eigenvalue weighted by molar-refractivity contribution is 7.89. The molecule has 0 spiro atoms. The van der Waals surface area contributed by atoms with E-state index in [-0.39, 0.29) is 10.6 Å². The van der Waals surface area contributed by atoms with Gasteiger partial charge in [0.1, 0.15) is 5.70 Å². The van der Waals surface area contributed by atoms with Crippen molar-refractivity contribution in [2.75, 3.05) is 25.0 Å². The predicted molar refractivity (Wildman–Crippen MR) is 122 cm³/mol. The molecule has 10 heteroatoms. The molecular weight excluding hydrogens is 446 g/mol. The number of benzene rings is 2. The third kappa shape index (κ3) is 6.74. The first-order chi connectivity index (χ1) is 15.8. The van der Waals surface area contributed by atoms with Crippen molar-refractivity contribution in [3.05, 3.63) is 65.9 Å². The average molecular weight is 472 g/mol. The number of esters is 1. The van der Waals surface area contributed by atoms with Crippen LogP contribution >= 0.6 is 0 Å². The molecule has 2 aromatic carbocycles. The summed E-state index contributed by atoms with van der Waals surface area (Å²) in [6.45, 7) is 1.68. The van der Waals surface area contributed by atoms with Crippen LogP contribution in [0.15, 0.2) is 65.2 Å². The van der Waals surface area contributed by atoms with Crippen LogP contribution in [-0.2, 0) is 29.1 Å². The lowest BCUT2D eigenvalue weighted by Crippen LogP contribution is -2.29. The zero-order chi connectivity index (χ0) is 23.8. The molecule has 1 aliphatic rings. The van der Waals surface area contributed by atoms with Crippen LogP contribution in [0.25, 0.3) is 6.08 Å². The second-order valence-corrected chi connectivity index (χ2v) is 9.35. The first-order valence-electron chi connectivity index (χ1n) is 10.4. The van der Waals surface area contributed by atoms with E-state index in [9.17, 15) is 22.8 Å². The summed E-state index contributed by atoms with van der Waals surface area (Å²) < 4.78 is 31.6. The van der Waals surface area contributed by atoms with Gasteiger partial charge in [-0.15, -0.1) is 0 Å². The van der Waals surface area contributed by atoms with Gasteiger partial charge in [0.25, 0.3) is 5.91 Å². The fourth-order valence-corrected chi connectivity index (χ4v) is 4.76. The molecule has 33 heavy (non-hydrogen) atoms. The highest BCUT2D eigenvalue weighted by Crippen LogP contribution is 2.22. The lowest BCUT2D eigenvalue weighted by Gasteiger charge is -2.15. The van der Waals surface area contributed by atoms with Gasteiger partial charge in [0.2, 0.25) is 15.9 Å². The molecular formula is C23H25N3O6S. The molecule has 2 amide bonds. The minimum atomic E-state index is -3.54. The van der Waals surface area contributed by atoms with Gasteiger partial charge >= 0.3 is 5.97 Å². The molecule has 0 saturated carbocycles. The van der Waals surface area contributed by atoms with E-state index < -0.39 is 34.4 Å². The fraction of sp³-hybridized carbons (Fsp3) is 0.261. The van der Waals surface area contributed by atoms with E-state index >= 15 is 0 Å². The van der Waals surface area contributed by atoms with Crippen LogP contribution in [-0.4, -0.2) is 50.2 Å². The van der Waals surface area contributed by atoms with Crippen LogP contribution in [0.3, 0.4) is 0 Å². The van der Waals surface area contributed by atoms with Crippen LogP contribution < -0.4 is 10.6 Å². The van der Waals surface area contributed by atoms with Crippen molar-refractivity contribution in [1.82, 2.24) is 9.62 Å². The summed E-state index contributed by atoms with van der Waals surface area (Å²) in [4.78, 5) is 36.1. The number of carbonyl (C=O) groups excluding carboxylic acids is 3. The predicted octanol–water partition coefficient (Wildman–Crippen LogP) is 2.13. The Bertz CT molecular complexity index is 1140. The van der Waals surface area contributed by atoms with E-state index in [1.165, 1.54) is 41.6 Å². The van der Waals surface area contributed by atoms with Crippen LogP contribution in [0.2, 0.25) is 0 Å². The molecule has 0 atom stereocenters. The zero-order valence-corrected chi connectivity index (χ0v) is 18.9. The zero-order valence-electron chi connectivity index (χ0n) is 18.1. The van der Waals surface area contributed by atoms with Gasteiger partial charge in [-0.1, -0.05) is 30.3 Å². The molecule has 1 fully saturated rings. The number of hydrogen-bond acceptors (Lipinski definition) is 6. The number of rotatable bonds is 8. The van der Waals surface area contributed by atoms with E-state index in [2.05, 4.69) is 10.6 Å². The largest absolute Gasteiger partial charge is 0.451 e. The first-order valence-corrected chi connectivity index (χ1v) is 11.8. The van der Waals surface area contributed by atoms with Crippen molar-refractivity contribution in [2.45, 2.75) is 24.7 Å². The molecule has 9 nitrogen and oxygen atoms in total. The SMILES string of the molecule is CC(=O)N/C(=C/c1ccccc1)C(=O)OCC(=O)Nc1ccc(S(=O)(=O)N2CCCC2)cc1. The molecule has 0 unspecified atom stereocenters. The van der Waals surface area contributed by atoms with Gasteiger partial charge < -0.3 is 15.4 Å². The standard InChI is InChI=1S/C23H25N3O6S/c1-17(27)24-21(15-18-7-3-2-4-8-18)23(29)32-16-22(28)25-19-9-11-20(12-10-19)33(30,31)26-13-5-6-14-26/h2-4,7-12,15H,5-6,13-14,16H2,1H3,(H,24,27)(H,25,28)/b21-15+. The van der Waals surface area contributed by atoms with Crippen molar-refractivity contribution >= 4 is 39.6 Å². The fourth-order valence-electron chi connectivity index (χ4n) is 3.25. The number of hydrogen-bond donors (Lipinski definition) is 2. The maximum absolute atomic E-state index is 12.6. The summed E-state index contributed by atoms with van der Waals surface area (Å²) in [6, 6.07) is 14.6. The molecule has 3 rings (SSSR count). The minimum Gasteiger partial charge on any atom is -0.451 e. The van der Waals surface area contributed by atoms with Gasteiger partial charge in [-0.2, -0.15) is 4.31 Å². The summed E-state index contributed by atoms with van der Waals surface area (Å²) in [5, 5.41) is 4.94. The van der Waals surface area contributed by atoms with Gasteiger partial charge in [0.15, 0.2) is 6.61 Å². The highest BCUT2D eigenvalue weighted by atomic mass is 32.2.